The highest BCUT2D eigenvalue weighted by atomic mass is 19.1. The van der Waals surface area contributed by atoms with Gasteiger partial charge in [0, 0.05) is 5.41 Å². The van der Waals surface area contributed by atoms with Crippen molar-refractivity contribution in [3.8, 4) is 0 Å². The number of benzene rings is 1. The second kappa shape index (κ2) is 2.44. The van der Waals surface area contributed by atoms with Crippen molar-refractivity contribution in [3.05, 3.63) is 48.3 Å². The Bertz CT molecular complexity index is 311. The van der Waals surface area contributed by atoms with Crippen molar-refractivity contribution in [3.63, 3.8) is 0 Å². The van der Waals surface area contributed by atoms with Crippen LogP contribution in [0.5, 0.6) is 0 Å². The normalized spacial score (nSPS) is 18.8. The predicted molar refractivity (Wildman–Crippen MR) is 47.5 cm³/mol. The molecule has 1 heteroatoms. The third-order valence-corrected chi connectivity index (χ3v) is 2.59. The summed E-state index contributed by atoms with van der Waals surface area (Å²) in [6.07, 6.45) is 3.94. The maximum Gasteiger partial charge on any atom is 0.127 e. The Balaban J connectivity index is 2.46. The van der Waals surface area contributed by atoms with Crippen LogP contribution in [0.1, 0.15) is 18.4 Å². The molecule has 0 aliphatic heterocycles. The fraction of sp³-hybridized carbons (Fsp3) is 0.273. The van der Waals surface area contributed by atoms with Crippen LogP contribution in [-0.4, -0.2) is 0 Å². The first-order valence-corrected chi connectivity index (χ1v) is 4.17. The summed E-state index contributed by atoms with van der Waals surface area (Å²) in [7, 11) is 0. The average Bonchev–Trinajstić information content (AvgIpc) is 2.86. The lowest BCUT2D eigenvalue weighted by atomic mass is 9.96. The Morgan fingerprint density at radius 3 is 2.50 bits per heavy atom. The summed E-state index contributed by atoms with van der Waals surface area (Å²) in [5.41, 5.74) is 0.769. The largest absolute Gasteiger partial charge is 0.207 e. The Kier molecular flexibility index (Phi) is 1.53. The molecule has 12 heavy (non-hydrogen) atoms. The molecule has 0 heterocycles. The summed E-state index contributed by atoms with van der Waals surface area (Å²) in [5, 5.41) is 0. The third-order valence-electron chi connectivity index (χ3n) is 2.59. The van der Waals surface area contributed by atoms with Gasteiger partial charge in [0.1, 0.15) is 5.82 Å². The van der Waals surface area contributed by atoms with Crippen LogP contribution in [0, 0.1) is 5.82 Å². The summed E-state index contributed by atoms with van der Waals surface area (Å²) in [4.78, 5) is 0. The van der Waals surface area contributed by atoms with E-state index in [1.54, 1.807) is 6.07 Å². The lowest BCUT2D eigenvalue weighted by Gasteiger charge is -2.09. The highest BCUT2D eigenvalue weighted by Gasteiger charge is 2.42. The van der Waals surface area contributed by atoms with Crippen LogP contribution in [0.3, 0.4) is 0 Å². The first-order valence-electron chi connectivity index (χ1n) is 4.17. The highest BCUT2D eigenvalue weighted by molar-refractivity contribution is 5.37. The van der Waals surface area contributed by atoms with Gasteiger partial charge in [-0.05, 0) is 24.5 Å². The fourth-order valence-corrected chi connectivity index (χ4v) is 1.58. The Hall–Kier alpha value is -1.11. The zero-order valence-electron chi connectivity index (χ0n) is 6.89. The molecule has 0 saturated heterocycles. The van der Waals surface area contributed by atoms with E-state index in [4.69, 9.17) is 0 Å². The third kappa shape index (κ3) is 0.970. The number of hydrogen-bond donors (Lipinski definition) is 0. The molecular weight excluding hydrogens is 151 g/mol. The van der Waals surface area contributed by atoms with Gasteiger partial charge in [0.25, 0.3) is 0 Å². The van der Waals surface area contributed by atoms with Gasteiger partial charge < -0.3 is 0 Å². The first kappa shape index (κ1) is 7.53. The minimum atomic E-state index is -0.102. The van der Waals surface area contributed by atoms with Gasteiger partial charge in [0.15, 0.2) is 0 Å². The van der Waals surface area contributed by atoms with E-state index in [0.29, 0.717) is 0 Å². The van der Waals surface area contributed by atoms with Gasteiger partial charge in [-0.2, -0.15) is 0 Å². The topological polar surface area (TPSA) is 0 Å². The Morgan fingerprint density at radius 1 is 1.33 bits per heavy atom. The molecule has 2 rings (SSSR count). The second-order valence-electron chi connectivity index (χ2n) is 3.34. The van der Waals surface area contributed by atoms with Crippen LogP contribution in [-0.2, 0) is 5.41 Å². The maximum atomic E-state index is 13.3. The van der Waals surface area contributed by atoms with Crippen LogP contribution in [0.15, 0.2) is 36.9 Å². The molecular formula is C11H11F. The molecule has 0 unspecified atom stereocenters. The summed E-state index contributed by atoms with van der Waals surface area (Å²) in [6, 6.07) is 6.96. The standard InChI is InChI=1S/C11H11F/c1-2-11(7-8-11)9-5-3-4-6-10(9)12/h2-6H,1,7-8H2. The molecule has 0 bridgehead atoms. The smallest absolute Gasteiger partial charge is 0.127 e. The summed E-state index contributed by atoms with van der Waals surface area (Å²) in [6.45, 7) is 3.75. The quantitative estimate of drug-likeness (QED) is 0.586. The molecule has 1 saturated carbocycles. The van der Waals surface area contributed by atoms with Crippen LogP contribution >= 0.6 is 0 Å². The zero-order chi connectivity index (χ0) is 8.60. The Labute approximate surface area is 71.7 Å². The molecule has 0 N–H and O–H groups in total. The number of hydrogen-bond acceptors (Lipinski definition) is 0. The van der Waals surface area contributed by atoms with Gasteiger partial charge >= 0.3 is 0 Å². The van der Waals surface area contributed by atoms with Crippen LogP contribution < -0.4 is 0 Å². The van der Waals surface area contributed by atoms with E-state index in [-0.39, 0.29) is 11.2 Å². The summed E-state index contributed by atoms with van der Waals surface area (Å²) < 4.78 is 13.3. The minimum absolute atomic E-state index is 0.0364. The van der Waals surface area contributed by atoms with E-state index in [2.05, 4.69) is 6.58 Å². The summed E-state index contributed by atoms with van der Waals surface area (Å²) >= 11 is 0. The molecule has 1 aliphatic rings. The van der Waals surface area contributed by atoms with E-state index in [1.165, 1.54) is 6.07 Å². The molecule has 0 spiro atoms. The molecule has 0 aromatic heterocycles. The van der Waals surface area contributed by atoms with Gasteiger partial charge in [0.05, 0.1) is 0 Å². The fourth-order valence-electron chi connectivity index (χ4n) is 1.58. The molecule has 1 aromatic carbocycles. The molecule has 0 nitrogen and oxygen atoms in total. The van der Waals surface area contributed by atoms with E-state index in [1.807, 2.05) is 18.2 Å². The lowest BCUT2D eigenvalue weighted by molar-refractivity contribution is 0.598. The SMILES string of the molecule is C=CC1(c2ccccc2F)CC1. The molecule has 1 aliphatic carbocycles. The monoisotopic (exact) mass is 162 g/mol. The van der Waals surface area contributed by atoms with Crippen molar-refractivity contribution >= 4 is 0 Å². The molecule has 1 aromatic rings. The van der Waals surface area contributed by atoms with Gasteiger partial charge in [-0.15, -0.1) is 6.58 Å². The highest BCUT2D eigenvalue weighted by Crippen LogP contribution is 2.49. The van der Waals surface area contributed by atoms with E-state index in [0.717, 1.165) is 18.4 Å². The number of rotatable bonds is 2. The predicted octanol–water partition coefficient (Wildman–Crippen LogP) is 3.04. The average molecular weight is 162 g/mol. The van der Waals surface area contributed by atoms with Gasteiger partial charge in [-0.25, -0.2) is 4.39 Å². The first-order chi connectivity index (χ1) is 5.78. The summed E-state index contributed by atoms with van der Waals surface area (Å²) in [5.74, 6) is -0.102. The molecule has 62 valence electrons. The molecule has 1 fully saturated rings. The van der Waals surface area contributed by atoms with Gasteiger partial charge in [0.2, 0.25) is 0 Å². The van der Waals surface area contributed by atoms with E-state index < -0.39 is 0 Å². The van der Waals surface area contributed by atoms with Crippen molar-refractivity contribution in [2.75, 3.05) is 0 Å². The van der Waals surface area contributed by atoms with Crippen molar-refractivity contribution in [2.45, 2.75) is 18.3 Å². The number of allylic oxidation sites excluding steroid dienone is 1. The van der Waals surface area contributed by atoms with Crippen LogP contribution in [0.4, 0.5) is 4.39 Å². The second-order valence-corrected chi connectivity index (χ2v) is 3.34. The lowest BCUT2D eigenvalue weighted by Crippen LogP contribution is -2.04. The molecule has 0 atom stereocenters. The van der Waals surface area contributed by atoms with Crippen LogP contribution in [0.2, 0.25) is 0 Å². The Morgan fingerprint density at radius 2 is 2.00 bits per heavy atom. The van der Waals surface area contributed by atoms with Crippen molar-refractivity contribution in [1.29, 1.82) is 0 Å². The van der Waals surface area contributed by atoms with E-state index in [9.17, 15) is 4.39 Å². The molecule has 0 radical (unpaired) electrons. The van der Waals surface area contributed by atoms with Crippen LogP contribution in [0.25, 0.3) is 0 Å². The van der Waals surface area contributed by atoms with Crippen molar-refractivity contribution in [1.82, 2.24) is 0 Å². The number of halogens is 1. The van der Waals surface area contributed by atoms with Gasteiger partial charge in [-0.1, -0.05) is 24.3 Å². The molecule has 0 amide bonds. The van der Waals surface area contributed by atoms with Gasteiger partial charge in [-0.3, -0.25) is 0 Å². The zero-order valence-corrected chi connectivity index (χ0v) is 6.89. The van der Waals surface area contributed by atoms with E-state index >= 15 is 0 Å². The minimum Gasteiger partial charge on any atom is -0.207 e. The maximum absolute atomic E-state index is 13.3. The van der Waals surface area contributed by atoms with Crippen molar-refractivity contribution < 1.29 is 4.39 Å². The van der Waals surface area contributed by atoms with Crippen molar-refractivity contribution in [2.24, 2.45) is 0 Å².